The summed E-state index contributed by atoms with van der Waals surface area (Å²) >= 11 is 0. The molecular formula is C20H31ClN2O3. The van der Waals surface area contributed by atoms with Crippen LogP contribution in [0.1, 0.15) is 44.7 Å². The molecule has 1 amide bonds. The van der Waals surface area contributed by atoms with E-state index in [-0.39, 0.29) is 47.9 Å². The average Bonchev–Trinajstić information content (AvgIpc) is 2.67. The van der Waals surface area contributed by atoms with Gasteiger partial charge < -0.3 is 20.5 Å². The van der Waals surface area contributed by atoms with Gasteiger partial charge in [0.2, 0.25) is 5.91 Å². The average molecular weight is 383 g/mol. The number of hydrogen-bond acceptors (Lipinski definition) is 4. The molecule has 1 aromatic rings. The quantitative estimate of drug-likeness (QED) is 0.820. The zero-order valence-electron chi connectivity index (χ0n) is 15.6. The first-order valence-corrected chi connectivity index (χ1v) is 9.38. The van der Waals surface area contributed by atoms with Gasteiger partial charge in [0.15, 0.2) is 0 Å². The zero-order valence-corrected chi connectivity index (χ0v) is 16.5. The number of halogens is 1. The van der Waals surface area contributed by atoms with Gasteiger partial charge >= 0.3 is 0 Å². The van der Waals surface area contributed by atoms with Crippen molar-refractivity contribution in [2.45, 2.75) is 51.4 Å². The summed E-state index contributed by atoms with van der Waals surface area (Å²) in [5, 5.41) is 10.3. The van der Waals surface area contributed by atoms with Gasteiger partial charge in [0.1, 0.15) is 0 Å². The third-order valence-electron chi connectivity index (χ3n) is 6.23. The number of likely N-dealkylation sites (tertiary alicyclic amines) is 1. The maximum absolute atomic E-state index is 12.9. The molecule has 5 nitrogen and oxygen atoms in total. The molecule has 1 aliphatic heterocycles. The number of amides is 1. The number of benzene rings is 1. The minimum Gasteiger partial charge on any atom is -0.392 e. The van der Waals surface area contributed by atoms with Crippen molar-refractivity contribution >= 4 is 18.3 Å². The van der Waals surface area contributed by atoms with Gasteiger partial charge in [-0.1, -0.05) is 37.3 Å². The van der Waals surface area contributed by atoms with Gasteiger partial charge in [0, 0.05) is 37.6 Å². The second-order valence-corrected chi connectivity index (χ2v) is 7.48. The smallest absolute Gasteiger partial charge is 0.227 e. The fourth-order valence-corrected chi connectivity index (χ4v) is 4.37. The summed E-state index contributed by atoms with van der Waals surface area (Å²) in [4.78, 5) is 14.8. The van der Waals surface area contributed by atoms with Crippen LogP contribution >= 0.6 is 12.4 Å². The largest absolute Gasteiger partial charge is 0.392 e. The molecule has 4 atom stereocenters. The number of aliphatic hydroxyl groups excluding tert-OH is 1. The van der Waals surface area contributed by atoms with E-state index in [0.29, 0.717) is 19.7 Å². The van der Waals surface area contributed by atoms with Crippen LogP contribution in [0.25, 0.3) is 0 Å². The Balaban J connectivity index is 0.00000243. The van der Waals surface area contributed by atoms with Gasteiger partial charge in [-0.2, -0.15) is 0 Å². The second kappa shape index (κ2) is 8.70. The van der Waals surface area contributed by atoms with Crippen LogP contribution in [0.4, 0.5) is 0 Å². The van der Waals surface area contributed by atoms with E-state index in [1.165, 1.54) is 0 Å². The third-order valence-corrected chi connectivity index (χ3v) is 6.23. The van der Waals surface area contributed by atoms with Crippen LogP contribution in [0.2, 0.25) is 0 Å². The highest BCUT2D eigenvalue weighted by Crippen LogP contribution is 2.51. The Bertz CT molecular complexity index is 588. The van der Waals surface area contributed by atoms with Crippen LogP contribution in [0.5, 0.6) is 0 Å². The van der Waals surface area contributed by atoms with E-state index in [4.69, 9.17) is 10.5 Å². The third kappa shape index (κ3) is 3.77. The maximum Gasteiger partial charge on any atom is 0.227 e. The number of ether oxygens (including phenoxy) is 1. The topological polar surface area (TPSA) is 75.8 Å². The van der Waals surface area contributed by atoms with E-state index in [0.717, 1.165) is 24.8 Å². The molecule has 4 unspecified atom stereocenters. The van der Waals surface area contributed by atoms with Crippen molar-refractivity contribution in [3.05, 3.63) is 35.9 Å². The van der Waals surface area contributed by atoms with Crippen molar-refractivity contribution in [1.29, 1.82) is 0 Å². The molecule has 6 heteroatoms. The predicted octanol–water partition coefficient (Wildman–Crippen LogP) is 2.52. The van der Waals surface area contributed by atoms with Crippen molar-refractivity contribution in [2.24, 2.45) is 17.1 Å². The van der Waals surface area contributed by atoms with Gasteiger partial charge in [-0.15, -0.1) is 12.4 Å². The summed E-state index contributed by atoms with van der Waals surface area (Å²) in [5.74, 6) is -0.154. The number of carbonyl (C=O) groups excluding carboxylic acids is 1. The summed E-state index contributed by atoms with van der Waals surface area (Å²) in [7, 11) is 0. The van der Waals surface area contributed by atoms with Crippen LogP contribution in [0.3, 0.4) is 0 Å². The molecule has 1 saturated heterocycles. The molecule has 0 radical (unpaired) electrons. The molecule has 0 aromatic heterocycles. The number of aliphatic hydroxyl groups is 1. The maximum atomic E-state index is 12.9. The zero-order chi connectivity index (χ0) is 18.0. The monoisotopic (exact) mass is 382 g/mol. The lowest BCUT2D eigenvalue weighted by molar-refractivity contribution is -0.210. The minimum atomic E-state index is -0.301. The van der Waals surface area contributed by atoms with Crippen molar-refractivity contribution < 1.29 is 14.6 Å². The summed E-state index contributed by atoms with van der Waals surface area (Å²) in [6, 6.07) is 9.49. The summed E-state index contributed by atoms with van der Waals surface area (Å²) < 4.78 is 5.80. The molecule has 3 rings (SSSR count). The summed E-state index contributed by atoms with van der Waals surface area (Å²) in [6.07, 6.45) is 2.16. The van der Waals surface area contributed by atoms with E-state index in [9.17, 15) is 9.90 Å². The van der Waals surface area contributed by atoms with Crippen LogP contribution in [0.15, 0.2) is 30.3 Å². The van der Waals surface area contributed by atoms with Crippen molar-refractivity contribution in [2.75, 3.05) is 19.7 Å². The Labute approximate surface area is 162 Å². The van der Waals surface area contributed by atoms with Gasteiger partial charge in [0.05, 0.1) is 18.1 Å². The van der Waals surface area contributed by atoms with E-state index in [1.807, 2.05) is 49.1 Å². The van der Waals surface area contributed by atoms with Crippen LogP contribution in [-0.4, -0.2) is 47.8 Å². The Hall–Kier alpha value is -1.14. The Morgan fingerprint density at radius 3 is 2.50 bits per heavy atom. The standard InChI is InChI=1S/C20H30N2O3.ClH/c1-3-25-17-13-16(23)20(17)9-11-22(12-10-20)19(24)14(2)18(21)15-7-5-4-6-8-15;/h4-8,14,16-18,23H,3,9-13,21H2,1-2H3;1H. The van der Waals surface area contributed by atoms with Crippen molar-refractivity contribution in [1.82, 2.24) is 4.90 Å². The number of hydrogen-bond donors (Lipinski definition) is 2. The van der Waals surface area contributed by atoms with Gasteiger partial charge in [-0.25, -0.2) is 0 Å². The lowest BCUT2D eigenvalue weighted by atomic mass is 9.58. The highest BCUT2D eigenvalue weighted by molar-refractivity contribution is 5.85. The first-order valence-electron chi connectivity index (χ1n) is 9.38. The van der Waals surface area contributed by atoms with Crippen LogP contribution < -0.4 is 5.73 Å². The second-order valence-electron chi connectivity index (χ2n) is 7.48. The number of nitrogens with zero attached hydrogens (tertiary/aromatic N) is 1. The van der Waals surface area contributed by atoms with Crippen molar-refractivity contribution in [3.63, 3.8) is 0 Å². The lowest BCUT2D eigenvalue weighted by Crippen LogP contribution is -2.63. The predicted molar refractivity (Wildman–Crippen MR) is 104 cm³/mol. The lowest BCUT2D eigenvalue weighted by Gasteiger charge is -2.56. The number of piperidine rings is 1. The molecular weight excluding hydrogens is 352 g/mol. The Morgan fingerprint density at radius 1 is 1.35 bits per heavy atom. The van der Waals surface area contributed by atoms with Crippen LogP contribution in [-0.2, 0) is 9.53 Å². The first-order chi connectivity index (χ1) is 12.0. The van der Waals surface area contributed by atoms with Gasteiger partial charge in [-0.3, -0.25) is 4.79 Å². The SMILES string of the molecule is CCOC1CC(O)C12CCN(C(=O)C(C)C(N)c1ccccc1)CC2.Cl. The van der Waals surface area contributed by atoms with E-state index >= 15 is 0 Å². The first kappa shape index (κ1) is 21.2. The molecule has 0 bridgehead atoms. The minimum absolute atomic E-state index is 0. The molecule has 1 spiro atoms. The molecule has 2 aliphatic rings. The normalized spacial score (nSPS) is 26.5. The molecule has 1 heterocycles. The van der Waals surface area contributed by atoms with E-state index < -0.39 is 0 Å². The highest BCUT2D eigenvalue weighted by atomic mass is 35.5. The Kier molecular flexibility index (Phi) is 7.08. The molecule has 2 fully saturated rings. The molecule has 1 saturated carbocycles. The molecule has 1 aromatic carbocycles. The summed E-state index contributed by atoms with van der Waals surface area (Å²) in [5.41, 5.74) is 7.15. The number of rotatable bonds is 5. The van der Waals surface area contributed by atoms with Gasteiger partial charge in [-0.05, 0) is 25.3 Å². The fraction of sp³-hybridized carbons (Fsp3) is 0.650. The van der Waals surface area contributed by atoms with Crippen molar-refractivity contribution in [3.8, 4) is 0 Å². The number of carbonyl (C=O) groups is 1. The molecule has 146 valence electrons. The molecule has 3 N–H and O–H groups in total. The molecule has 1 aliphatic carbocycles. The van der Waals surface area contributed by atoms with Crippen LogP contribution in [0, 0.1) is 11.3 Å². The fourth-order valence-electron chi connectivity index (χ4n) is 4.37. The van der Waals surface area contributed by atoms with E-state index in [1.54, 1.807) is 0 Å². The summed E-state index contributed by atoms with van der Waals surface area (Å²) in [6.45, 7) is 5.91. The Morgan fingerprint density at radius 2 is 1.96 bits per heavy atom. The van der Waals surface area contributed by atoms with Gasteiger partial charge in [0.25, 0.3) is 0 Å². The highest BCUT2D eigenvalue weighted by Gasteiger charge is 2.56. The van der Waals surface area contributed by atoms with E-state index in [2.05, 4.69) is 0 Å². The number of nitrogens with two attached hydrogens (primary N) is 1. The molecule has 26 heavy (non-hydrogen) atoms.